The molecule has 0 amide bonds. The number of hydrogen-bond donors (Lipinski definition) is 0. The molecule has 0 saturated carbocycles. The number of ketones is 1. The molecule has 0 radical (unpaired) electrons. The molecule has 31 heavy (non-hydrogen) atoms. The minimum atomic E-state index is -0.942. The van der Waals surface area contributed by atoms with E-state index in [9.17, 15) is 14.9 Å². The number of halogens is 1. The Balaban J connectivity index is 1.72. The number of carbonyl (C=O) groups excluding carboxylic acids is 1. The van der Waals surface area contributed by atoms with E-state index in [0.29, 0.717) is 31.8 Å². The molecular weight excluding hydrogens is 452 g/mol. The zero-order valence-electron chi connectivity index (χ0n) is 16.3. The van der Waals surface area contributed by atoms with Crippen LogP contribution in [0.15, 0.2) is 63.9 Å². The Bertz CT molecular complexity index is 1370. The first-order valence-electron chi connectivity index (χ1n) is 9.23. The molecule has 2 aromatic heterocycles. The topological polar surface area (TPSA) is 88.6 Å². The van der Waals surface area contributed by atoms with Crippen molar-refractivity contribution >= 4 is 51.4 Å². The van der Waals surface area contributed by atoms with E-state index in [1.165, 1.54) is 15.9 Å². The average molecular weight is 467 g/mol. The lowest BCUT2D eigenvalue weighted by atomic mass is 10.1. The van der Waals surface area contributed by atoms with Gasteiger partial charge in [-0.2, -0.15) is 5.26 Å². The van der Waals surface area contributed by atoms with Gasteiger partial charge in [-0.25, -0.2) is 9.97 Å². The molecule has 4 aromatic rings. The average Bonchev–Trinajstić information content (AvgIpc) is 3.19. The number of nitrogens with zero attached hydrogens (tertiary/aromatic N) is 4. The molecule has 0 fully saturated rings. The predicted molar refractivity (Wildman–Crippen MR) is 123 cm³/mol. The van der Waals surface area contributed by atoms with Crippen LogP contribution in [-0.2, 0) is 4.79 Å². The summed E-state index contributed by atoms with van der Waals surface area (Å²) in [7, 11) is 0. The van der Waals surface area contributed by atoms with Gasteiger partial charge in [0.15, 0.2) is 16.9 Å². The second-order valence-corrected chi connectivity index (χ2v) is 8.94. The van der Waals surface area contributed by atoms with Crippen LogP contribution in [-0.4, -0.2) is 26.1 Å². The lowest BCUT2D eigenvalue weighted by Crippen LogP contribution is -2.22. The first-order chi connectivity index (χ1) is 15.0. The molecular formula is C22H15ClN4O2S2. The summed E-state index contributed by atoms with van der Waals surface area (Å²) in [5.41, 5.74) is 1.67. The number of para-hydroxylation sites is 1. The third kappa shape index (κ3) is 4.39. The maximum atomic E-state index is 13.2. The van der Waals surface area contributed by atoms with Crippen molar-refractivity contribution in [3.05, 3.63) is 80.0 Å². The quantitative estimate of drug-likeness (QED) is 0.300. The molecule has 2 heterocycles. The SMILES string of the molecule is Cc1csc(C(C#N)C(=O)CSc2nc3ccccc3c(=O)n2-c2ccc(Cl)cc2)n1. The molecule has 4 rings (SSSR count). The van der Waals surface area contributed by atoms with Crippen molar-refractivity contribution in [3.63, 3.8) is 0 Å². The number of benzene rings is 2. The van der Waals surface area contributed by atoms with E-state index < -0.39 is 5.92 Å². The highest BCUT2D eigenvalue weighted by atomic mass is 35.5. The van der Waals surface area contributed by atoms with E-state index >= 15 is 0 Å². The number of carbonyl (C=O) groups is 1. The van der Waals surface area contributed by atoms with Gasteiger partial charge in [0.2, 0.25) is 0 Å². The number of Topliss-reactive ketones (excluding diaryl/α,β-unsaturated/α-hetero) is 1. The zero-order chi connectivity index (χ0) is 22.0. The molecule has 2 aromatic carbocycles. The largest absolute Gasteiger partial charge is 0.297 e. The summed E-state index contributed by atoms with van der Waals surface area (Å²) in [5.74, 6) is -1.25. The van der Waals surface area contributed by atoms with Crippen molar-refractivity contribution < 1.29 is 4.79 Å². The maximum Gasteiger partial charge on any atom is 0.266 e. The van der Waals surface area contributed by atoms with Crippen molar-refractivity contribution in [2.75, 3.05) is 5.75 Å². The lowest BCUT2D eigenvalue weighted by molar-refractivity contribution is -0.116. The van der Waals surface area contributed by atoms with Gasteiger partial charge in [-0.3, -0.25) is 14.2 Å². The van der Waals surface area contributed by atoms with Gasteiger partial charge in [0.1, 0.15) is 5.01 Å². The van der Waals surface area contributed by atoms with E-state index in [2.05, 4.69) is 9.97 Å². The van der Waals surface area contributed by atoms with Gasteiger partial charge in [0.25, 0.3) is 5.56 Å². The third-order valence-corrected chi connectivity index (χ3v) is 6.75. The van der Waals surface area contributed by atoms with Gasteiger partial charge < -0.3 is 0 Å². The number of thiazole rings is 1. The van der Waals surface area contributed by atoms with Crippen molar-refractivity contribution in [1.82, 2.24) is 14.5 Å². The number of fused-ring (bicyclic) bond motifs is 1. The highest BCUT2D eigenvalue weighted by Crippen LogP contribution is 2.26. The van der Waals surface area contributed by atoms with Crippen LogP contribution in [0.1, 0.15) is 16.6 Å². The molecule has 9 heteroatoms. The first kappa shape index (κ1) is 21.2. The fourth-order valence-electron chi connectivity index (χ4n) is 3.02. The highest BCUT2D eigenvalue weighted by molar-refractivity contribution is 7.99. The van der Waals surface area contributed by atoms with Crippen molar-refractivity contribution in [3.8, 4) is 11.8 Å². The standard InChI is InChI=1S/C22H15ClN4O2S2/c1-13-11-30-20(25-13)17(10-24)19(28)12-31-22-26-18-5-3-2-4-16(18)21(29)27(22)15-8-6-14(23)7-9-15/h2-9,11,17H,12H2,1H3. The van der Waals surface area contributed by atoms with Crippen LogP contribution in [0.25, 0.3) is 16.6 Å². The molecule has 0 aliphatic heterocycles. The molecule has 0 aliphatic rings. The Morgan fingerprint density at radius 1 is 1.23 bits per heavy atom. The fourth-order valence-corrected chi connectivity index (χ4v) is 4.92. The minimum absolute atomic E-state index is 0.0186. The zero-order valence-corrected chi connectivity index (χ0v) is 18.7. The van der Waals surface area contributed by atoms with Crippen LogP contribution < -0.4 is 5.56 Å². The van der Waals surface area contributed by atoms with Crippen LogP contribution in [0, 0.1) is 18.3 Å². The van der Waals surface area contributed by atoms with Crippen LogP contribution >= 0.6 is 34.7 Å². The van der Waals surface area contributed by atoms with Crippen molar-refractivity contribution in [2.24, 2.45) is 0 Å². The Morgan fingerprint density at radius 3 is 2.65 bits per heavy atom. The summed E-state index contributed by atoms with van der Waals surface area (Å²) < 4.78 is 1.46. The second kappa shape index (κ2) is 9.02. The smallest absolute Gasteiger partial charge is 0.266 e. The summed E-state index contributed by atoms with van der Waals surface area (Å²) in [6.07, 6.45) is 0. The van der Waals surface area contributed by atoms with Gasteiger partial charge >= 0.3 is 0 Å². The molecule has 6 nitrogen and oxygen atoms in total. The third-order valence-electron chi connectivity index (χ3n) is 4.51. The number of hydrogen-bond acceptors (Lipinski definition) is 7. The molecule has 0 N–H and O–H groups in total. The number of nitriles is 1. The summed E-state index contributed by atoms with van der Waals surface area (Å²) in [4.78, 5) is 34.9. The van der Waals surface area contributed by atoms with E-state index in [0.717, 1.165) is 17.5 Å². The van der Waals surface area contributed by atoms with E-state index in [-0.39, 0.29) is 17.1 Å². The Morgan fingerprint density at radius 2 is 1.97 bits per heavy atom. The number of aromatic nitrogens is 3. The fraction of sp³-hybridized carbons (Fsp3) is 0.136. The molecule has 0 saturated heterocycles. The van der Waals surface area contributed by atoms with Gasteiger partial charge in [0, 0.05) is 16.1 Å². The Labute approximate surface area is 191 Å². The van der Waals surface area contributed by atoms with Crippen LogP contribution in [0.3, 0.4) is 0 Å². The van der Waals surface area contributed by atoms with E-state index in [1.807, 2.05) is 18.4 Å². The molecule has 1 atom stereocenters. The van der Waals surface area contributed by atoms with Crippen LogP contribution in [0.4, 0.5) is 0 Å². The number of rotatable bonds is 6. The predicted octanol–water partition coefficient (Wildman–Crippen LogP) is 4.77. The van der Waals surface area contributed by atoms with Gasteiger partial charge in [-0.05, 0) is 43.3 Å². The Kier molecular flexibility index (Phi) is 6.18. The van der Waals surface area contributed by atoms with Gasteiger partial charge in [0.05, 0.1) is 28.4 Å². The number of aryl methyl sites for hydroxylation is 1. The van der Waals surface area contributed by atoms with Crippen molar-refractivity contribution in [2.45, 2.75) is 18.0 Å². The summed E-state index contributed by atoms with van der Waals surface area (Å²) in [6.45, 7) is 1.82. The molecule has 0 spiro atoms. The van der Waals surface area contributed by atoms with Crippen LogP contribution in [0.2, 0.25) is 5.02 Å². The highest BCUT2D eigenvalue weighted by Gasteiger charge is 2.24. The van der Waals surface area contributed by atoms with E-state index in [4.69, 9.17) is 11.6 Å². The lowest BCUT2D eigenvalue weighted by Gasteiger charge is -2.13. The first-order valence-corrected chi connectivity index (χ1v) is 11.5. The number of thioether (sulfide) groups is 1. The summed E-state index contributed by atoms with van der Waals surface area (Å²) in [6, 6.07) is 15.9. The summed E-state index contributed by atoms with van der Waals surface area (Å²) in [5, 5.41) is 13.2. The maximum absolute atomic E-state index is 13.2. The molecule has 0 aliphatic carbocycles. The monoisotopic (exact) mass is 466 g/mol. The normalized spacial score (nSPS) is 11.9. The van der Waals surface area contributed by atoms with E-state index in [1.54, 1.807) is 48.5 Å². The Hall–Kier alpha value is -2.99. The minimum Gasteiger partial charge on any atom is -0.297 e. The van der Waals surface area contributed by atoms with Gasteiger partial charge in [-0.15, -0.1) is 11.3 Å². The van der Waals surface area contributed by atoms with Crippen LogP contribution in [0.5, 0.6) is 0 Å². The molecule has 0 bridgehead atoms. The molecule has 1 unspecified atom stereocenters. The second-order valence-electron chi connectivity index (χ2n) is 6.67. The summed E-state index contributed by atoms with van der Waals surface area (Å²) >= 11 is 8.41. The molecule has 154 valence electrons. The van der Waals surface area contributed by atoms with Crippen molar-refractivity contribution in [1.29, 1.82) is 5.26 Å². The van der Waals surface area contributed by atoms with Gasteiger partial charge in [-0.1, -0.05) is 35.5 Å².